The standard InChI is InChI=1S/C11H17NO2/c1-4-7-9-12-10(8-5-2)11(13)14-6-3/h4-5,7,9-10H,2,6,8H2,1,3H3. The highest BCUT2D eigenvalue weighted by Gasteiger charge is 2.15. The van der Waals surface area contributed by atoms with E-state index in [1.54, 1.807) is 25.3 Å². The lowest BCUT2D eigenvalue weighted by atomic mass is 10.2. The maximum Gasteiger partial charge on any atom is 0.331 e. The minimum Gasteiger partial charge on any atom is -0.464 e. The Kier molecular flexibility index (Phi) is 7.42. The first-order valence-corrected chi connectivity index (χ1v) is 4.68. The van der Waals surface area contributed by atoms with Crippen LogP contribution in [-0.2, 0) is 9.53 Å². The number of esters is 1. The van der Waals surface area contributed by atoms with Crippen molar-refractivity contribution < 1.29 is 9.53 Å². The van der Waals surface area contributed by atoms with Crippen molar-refractivity contribution in [3.8, 4) is 0 Å². The third-order valence-corrected chi connectivity index (χ3v) is 1.49. The number of hydrogen-bond acceptors (Lipinski definition) is 3. The summed E-state index contributed by atoms with van der Waals surface area (Å²) in [5.41, 5.74) is 0. The Balaban J connectivity index is 4.26. The van der Waals surface area contributed by atoms with Crippen LogP contribution >= 0.6 is 0 Å². The van der Waals surface area contributed by atoms with Crippen LogP contribution in [0.3, 0.4) is 0 Å². The summed E-state index contributed by atoms with van der Waals surface area (Å²) >= 11 is 0. The van der Waals surface area contributed by atoms with E-state index >= 15 is 0 Å². The van der Waals surface area contributed by atoms with Crippen LogP contribution in [0, 0.1) is 0 Å². The lowest BCUT2D eigenvalue weighted by molar-refractivity contribution is -0.144. The average Bonchev–Trinajstić information content (AvgIpc) is 2.17. The lowest BCUT2D eigenvalue weighted by Crippen LogP contribution is -2.20. The van der Waals surface area contributed by atoms with Crippen molar-refractivity contribution in [2.45, 2.75) is 26.3 Å². The zero-order chi connectivity index (χ0) is 10.8. The van der Waals surface area contributed by atoms with Crippen molar-refractivity contribution in [2.75, 3.05) is 6.61 Å². The lowest BCUT2D eigenvalue weighted by Gasteiger charge is -2.07. The second kappa shape index (κ2) is 8.23. The first-order valence-electron chi connectivity index (χ1n) is 4.68. The van der Waals surface area contributed by atoms with Gasteiger partial charge in [-0.1, -0.05) is 12.2 Å². The molecule has 1 atom stereocenters. The molecular weight excluding hydrogens is 178 g/mol. The van der Waals surface area contributed by atoms with Crippen LogP contribution in [0.15, 0.2) is 29.8 Å². The van der Waals surface area contributed by atoms with E-state index in [9.17, 15) is 4.79 Å². The van der Waals surface area contributed by atoms with E-state index in [2.05, 4.69) is 11.6 Å². The molecule has 0 fully saturated rings. The highest BCUT2D eigenvalue weighted by Crippen LogP contribution is 2.01. The molecular formula is C11H17NO2. The number of carbonyl (C=O) groups excluding carboxylic acids is 1. The Morgan fingerprint density at radius 3 is 2.86 bits per heavy atom. The normalized spacial score (nSPS) is 13.3. The van der Waals surface area contributed by atoms with Crippen molar-refractivity contribution in [1.29, 1.82) is 0 Å². The van der Waals surface area contributed by atoms with Crippen LogP contribution in [0.5, 0.6) is 0 Å². The molecule has 1 unspecified atom stereocenters. The molecule has 0 aromatic rings. The van der Waals surface area contributed by atoms with Gasteiger partial charge in [0.15, 0.2) is 6.04 Å². The van der Waals surface area contributed by atoms with Crippen LogP contribution < -0.4 is 0 Å². The average molecular weight is 195 g/mol. The number of nitrogens with zero attached hydrogens (tertiary/aromatic N) is 1. The van der Waals surface area contributed by atoms with Crippen molar-refractivity contribution >= 4 is 12.2 Å². The molecule has 0 N–H and O–H groups in total. The van der Waals surface area contributed by atoms with Gasteiger partial charge in [0.25, 0.3) is 0 Å². The Bertz CT molecular complexity index is 231. The third-order valence-electron chi connectivity index (χ3n) is 1.49. The molecule has 0 aliphatic carbocycles. The van der Waals surface area contributed by atoms with E-state index < -0.39 is 6.04 Å². The summed E-state index contributed by atoms with van der Waals surface area (Å²) in [6, 6.07) is -0.455. The van der Waals surface area contributed by atoms with E-state index in [1.807, 2.05) is 13.0 Å². The van der Waals surface area contributed by atoms with Gasteiger partial charge in [-0.2, -0.15) is 0 Å². The Morgan fingerprint density at radius 1 is 1.64 bits per heavy atom. The van der Waals surface area contributed by atoms with Crippen molar-refractivity contribution in [3.63, 3.8) is 0 Å². The van der Waals surface area contributed by atoms with E-state index in [-0.39, 0.29) is 5.97 Å². The smallest absolute Gasteiger partial charge is 0.331 e. The van der Waals surface area contributed by atoms with Crippen LogP contribution in [0.25, 0.3) is 0 Å². The molecule has 0 heterocycles. The highest BCUT2D eigenvalue weighted by molar-refractivity contribution is 5.80. The van der Waals surface area contributed by atoms with Crippen molar-refractivity contribution in [2.24, 2.45) is 4.99 Å². The SMILES string of the molecule is C=CCC(N=CC=CC)C(=O)OCC. The number of allylic oxidation sites excluding steroid dienone is 2. The predicted molar refractivity (Wildman–Crippen MR) is 58.5 cm³/mol. The van der Waals surface area contributed by atoms with Gasteiger partial charge in [-0.05, 0) is 26.3 Å². The number of carbonyl (C=O) groups is 1. The highest BCUT2D eigenvalue weighted by atomic mass is 16.5. The van der Waals surface area contributed by atoms with Gasteiger partial charge in [0, 0.05) is 6.21 Å². The van der Waals surface area contributed by atoms with E-state index in [0.29, 0.717) is 13.0 Å². The maximum atomic E-state index is 11.3. The Labute approximate surface area is 85.2 Å². The zero-order valence-electron chi connectivity index (χ0n) is 8.77. The van der Waals surface area contributed by atoms with Gasteiger partial charge in [-0.3, -0.25) is 4.99 Å². The van der Waals surface area contributed by atoms with Gasteiger partial charge in [0.1, 0.15) is 0 Å². The predicted octanol–water partition coefficient (Wildman–Crippen LogP) is 2.14. The molecule has 78 valence electrons. The van der Waals surface area contributed by atoms with Gasteiger partial charge in [-0.25, -0.2) is 4.79 Å². The molecule has 14 heavy (non-hydrogen) atoms. The fraction of sp³-hybridized carbons (Fsp3) is 0.455. The molecule has 0 spiro atoms. The summed E-state index contributed by atoms with van der Waals surface area (Å²) in [6.45, 7) is 7.62. The molecule has 0 aliphatic heterocycles. The van der Waals surface area contributed by atoms with Gasteiger partial charge < -0.3 is 4.74 Å². The summed E-state index contributed by atoms with van der Waals surface area (Å²) in [4.78, 5) is 15.4. The molecule has 0 bridgehead atoms. The molecule has 0 saturated carbocycles. The topological polar surface area (TPSA) is 38.7 Å². The van der Waals surface area contributed by atoms with Crippen LogP contribution in [-0.4, -0.2) is 24.8 Å². The van der Waals surface area contributed by atoms with Crippen LogP contribution in [0.4, 0.5) is 0 Å². The van der Waals surface area contributed by atoms with Gasteiger partial charge in [-0.15, -0.1) is 6.58 Å². The number of rotatable bonds is 6. The summed E-state index contributed by atoms with van der Waals surface area (Å²) in [5, 5.41) is 0. The molecule has 0 aromatic heterocycles. The quantitative estimate of drug-likeness (QED) is 0.370. The molecule has 0 aliphatic rings. The third kappa shape index (κ3) is 5.30. The molecule has 0 saturated heterocycles. The summed E-state index contributed by atoms with van der Waals surface area (Å²) in [5.74, 6) is -0.298. The molecule has 0 amide bonds. The number of hydrogen-bond donors (Lipinski definition) is 0. The van der Waals surface area contributed by atoms with Gasteiger partial charge in [0.2, 0.25) is 0 Å². The van der Waals surface area contributed by atoms with E-state index in [4.69, 9.17) is 4.74 Å². The minimum absolute atomic E-state index is 0.298. The Morgan fingerprint density at radius 2 is 2.36 bits per heavy atom. The van der Waals surface area contributed by atoms with Crippen molar-refractivity contribution in [1.82, 2.24) is 0 Å². The molecule has 3 nitrogen and oxygen atoms in total. The number of aliphatic imine (C=N–C) groups is 1. The monoisotopic (exact) mass is 195 g/mol. The fourth-order valence-electron chi connectivity index (χ4n) is 0.854. The second-order valence-electron chi connectivity index (χ2n) is 2.62. The summed E-state index contributed by atoms with van der Waals surface area (Å²) < 4.78 is 4.86. The molecule has 0 radical (unpaired) electrons. The molecule has 0 rings (SSSR count). The second-order valence-corrected chi connectivity index (χ2v) is 2.62. The molecule has 3 heteroatoms. The largest absolute Gasteiger partial charge is 0.464 e. The van der Waals surface area contributed by atoms with Crippen LogP contribution in [0.2, 0.25) is 0 Å². The van der Waals surface area contributed by atoms with Crippen LogP contribution in [0.1, 0.15) is 20.3 Å². The minimum atomic E-state index is -0.455. The first-order chi connectivity index (χ1) is 6.76. The Hall–Kier alpha value is -1.38. The van der Waals surface area contributed by atoms with Gasteiger partial charge >= 0.3 is 5.97 Å². The van der Waals surface area contributed by atoms with Crippen molar-refractivity contribution in [3.05, 3.63) is 24.8 Å². The fourth-order valence-corrected chi connectivity index (χ4v) is 0.854. The number of ether oxygens (including phenoxy) is 1. The summed E-state index contributed by atoms with van der Waals surface area (Å²) in [6.07, 6.45) is 7.39. The summed E-state index contributed by atoms with van der Waals surface area (Å²) in [7, 11) is 0. The van der Waals surface area contributed by atoms with E-state index in [1.165, 1.54) is 0 Å². The zero-order valence-corrected chi connectivity index (χ0v) is 8.77. The first kappa shape index (κ1) is 12.6. The van der Waals surface area contributed by atoms with Gasteiger partial charge in [0.05, 0.1) is 6.61 Å². The maximum absolute atomic E-state index is 11.3. The molecule has 0 aromatic carbocycles. The van der Waals surface area contributed by atoms with E-state index in [0.717, 1.165) is 0 Å².